The predicted octanol–water partition coefficient (Wildman–Crippen LogP) is 4.18. The molecule has 3 aromatic rings. The summed E-state index contributed by atoms with van der Waals surface area (Å²) in [5.41, 5.74) is 4.08. The van der Waals surface area contributed by atoms with Crippen LogP contribution in [0.15, 0.2) is 52.9 Å². The molecule has 1 atom stereocenters. The van der Waals surface area contributed by atoms with Crippen molar-refractivity contribution in [3.05, 3.63) is 54.3 Å². The van der Waals surface area contributed by atoms with Crippen LogP contribution in [0.2, 0.25) is 0 Å². The van der Waals surface area contributed by atoms with Crippen LogP contribution in [0.5, 0.6) is 0 Å². The molecular formula is C26H30ClN3O3. The standard InChI is InChI=1S/C26H29N3O3.ClH/c30-26(27-23-17-28-10-8-19(23)9-11-28)24-16-20-2-1-3-22(25(20)32-24)18-4-6-21(7-5-18)29-12-14-31-15-13-29;/h1-7,16,19,23H,8-15,17H2,(H,27,30);1H/t23-;/m1./s1. The first-order valence-electron chi connectivity index (χ1n) is 11.7. The van der Waals surface area contributed by atoms with E-state index in [4.69, 9.17) is 9.15 Å². The SMILES string of the molecule is Cl.O=C(N[C@@H]1CN2CCC1CC2)c1cc2cccc(-c3ccc(N4CCOCC4)cc3)c2o1. The molecule has 0 unspecified atom stereocenters. The Hall–Kier alpha value is -2.54. The van der Waals surface area contributed by atoms with E-state index in [9.17, 15) is 4.79 Å². The first kappa shape index (κ1) is 22.3. The number of halogens is 1. The minimum Gasteiger partial charge on any atom is -0.450 e. The van der Waals surface area contributed by atoms with Crippen molar-refractivity contribution in [2.45, 2.75) is 18.9 Å². The normalized spacial score (nSPS) is 24.5. The van der Waals surface area contributed by atoms with Crippen LogP contribution in [0.4, 0.5) is 5.69 Å². The molecule has 1 amide bonds. The number of hydrogen-bond acceptors (Lipinski definition) is 5. The zero-order valence-electron chi connectivity index (χ0n) is 18.7. The van der Waals surface area contributed by atoms with Crippen LogP contribution in [0.3, 0.4) is 0 Å². The Labute approximate surface area is 200 Å². The lowest BCUT2D eigenvalue weighted by Gasteiger charge is -2.44. The Morgan fingerprint density at radius 2 is 1.73 bits per heavy atom. The number of ether oxygens (including phenoxy) is 1. The number of para-hydroxylation sites is 1. The zero-order chi connectivity index (χ0) is 21.5. The molecule has 4 fully saturated rings. The first-order chi connectivity index (χ1) is 15.7. The van der Waals surface area contributed by atoms with Gasteiger partial charge in [-0.1, -0.05) is 30.3 Å². The van der Waals surface area contributed by atoms with E-state index >= 15 is 0 Å². The monoisotopic (exact) mass is 467 g/mol. The van der Waals surface area contributed by atoms with Gasteiger partial charge in [0.1, 0.15) is 5.58 Å². The molecule has 7 heteroatoms. The number of benzene rings is 2. The Balaban J connectivity index is 0.00000228. The van der Waals surface area contributed by atoms with E-state index in [1.807, 2.05) is 18.2 Å². The molecule has 1 aromatic heterocycles. The molecule has 0 spiro atoms. The van der Waals surface area contributed by atoms with Crippen molar-refractivity contribution in [2.75, 3.05) is 50.8 Å². The number of anilines is 1. The van der Waals surface area contributed by atoms with E-state index in [1.54, 1.807) is 0 Å². The summed E-state index contributed by atoms with van der Waals surface area (Å²) in [4.78, 5) is 17.8. The lowest BCUT2D eigenvalue weighted by molar-refractivity contribution is 0.0607. The summed E-state index contributed by atoms with van der Waals surface area (Å²) in [7, 11) is 0. The van der Waals surface area contributed by atoms with Gasteiger partial charge in [0.15, 0.2) is 5.76 Å². The average molecular weight is 468 g/mol. The predicted molar refractivity (Wildman–Crippen MR) is 132 cm³/mol. The van der Waals surface area contributed by atoms with Crippen molar-refractivity contribution in [2.24, 2.45) is 5.92 Å². The second kappa shape index (κ2) is 9.37. The van der Waals surface area contributed by atoms with Crippen LogP contribution in [0.1, 0.15) is 23.4 Å². The van der Waals surface area contributed by atoms with Crippen LogP contribution < -0.4 is 10.2 Å². The maximum absolute atomic E-state index is 13.0. The third kappa shape index (κ3) is 4.35. The minimum absolute atomic E-state index is 0. The number of rotatable bonds is 4. The van der Waals surface area contributed by atoms with Crippen molar-refractivity contribution in [1.82, 2.24) is 10.2 Å². The van der Waals surface area contributed by atoms with E-state index in [1.165, 1.54) is 18.5 Å². The van der Waals surface area contributed by atoms with Gasteiger partial charge >= 0.3 is 0 Å². The number of nitrogens with one attached hydrogen (secondary N) is 1. The number of carbonyl (C=O) groups excluding carboxylic acids is 1. The van der Waals surface area contributed by atoms with Gasteiger partial charge in [-0.25, -0.2) is 0 Å². The summed E-state index contributed by atoms with van der Waals surface area (Å²) in [5.74, 6) is 0.885. The van der Waals surface area contributed by atoms with E-state index in [2.05, 4.69) is 45.4 Å². The summed E-state index contributed by atoms with van der Waals surface area (Å²) in [6.45, 7) is 6.67. The van der Waals surface area contributed by atoms with Crippen molar-refractivity contribution < 1.29 is 13.9 Å². The summed E-state index contributed by atoms with van der Waals surface area (Å²) in [5, 5.41) is 4.20. The van der Waals surface area contributed by atoms with E-state index in [0.717, 1.165) is 68.0 Å². The maximum Gasteiger partial charge on any atom is 0.287 e. The number of piperidine rings is 3. The molecule has 7 rings (SSSR count). The highest BCUT2D eigenvalue weighted by Crippen LogP contribution is 2.33. The zero-order valence-corrected chi connectivity index (χ0v) is 19.5. The van der Waals surface area contributed by atoms with E-state index in [0.29, 0.717) is 11.7 Å². The lowest BCUT2D eigenvalue weighted by Crippen LogP contribution is -2.57. The van der Waals surface area contributed by atoms with Crippen LogP contribution in [-0.2, 0) is 4.74 Å². The highest BCUT2D eigenvalue weighted by Gasteiger charge is 2.35. The molecule has 4 aliphatic rings. The third-order valence-corrected chi connectivity index (χ3v) is 7.30. The second-order valence-electron chi connectivity index (χ2n) is 9.20. The third-order valence-electron chi connectivity index (χ3n) is 7.30. The fourth-order valence-electron chi connectivity index (χ4n) is 5.44. The van der Waals surface area contributed by atoms with Gasteiger partial charge in [-0.15, -0.1) is 12.4 Å². The van der Waals surface area contributed by atoms with Gasteiger partial charge in [0.25, 0.3) is 5.91 Å². The molecule has 1 N–H and O–H groups in total. The number of hydrogen-bond donors (Lipinski definition) is 1. The van der Waals surface area contributed by atoms with Gasteiger partial charge in [0.05, 0.1) is 13.2 Å². The summed E-state index contributed by atoms with van der Waals surface area (Å²) < 4.78 is 11.6. The summed E-state index contributed by atoms with van der Waals surface area (Å²) >= 11 is 0. The van der Waals surface area contributed by atoms with Gasteiger partial charge in [-0.2, -0.15) is 0 Å². The summed E-state index contributed by atoms with van der Waals surface area (Å²) in [6.07, 6.45) is 2.35. The molecular weight excluding hydrogens is 438 g/mol. The fourth-order valence-corrected chi connectivity index (χ4v) is 5.44. The molecule has 4 aliphatic heterocycles. The number of carbonyl (C=O) groups is 1. The number of fused-ring (bicyclic) bond motifs is 4. The Kier molecular flexibility index (Phi) is 6.32. The molecule has 0 saturated carbocycles. The van der Waals surface area contributed by atoms with Crippen LogP contribution in [-0.4, -0.2) is 62.8 Å². The highest BCUT2D eigenvalue weighted by molar-refractivity contribution is 6.00. The number of morpholine rings is 1. The van der Waals surface area contributed by atoms with Crippen LogP contribution >= 0.6 is 12.4 Å². The van der Waals surface area contributed by atoms with Gasteiger partial charge in [-0.05, 0) is 55.6 Å². The van der Waals surface area contributed by atoms with Gasteiger partial charge in [0, 0.05) is 42.3 Å². The Morgan fingerprint density at radius 1 is 0.970 bits per heavy atom. The topological polar surface area (TPSA) is 58.0 Å². The molecule has 6 nitrogen and oxygen atoms in total. The Bertz CT molecular complexity index is 1120. The van der Waals surface area contributed by atoms with E-state index in [-0.39, 0.29) is 24.4 Å². The largest absolute Gasteiger partial charge is 0.450 e. The van der Waals surface area contributed by atoms with Crippen LogP contribution in [0.25, 0.3) is 22.1 Å². The smallest absolute Gasteiger partial charge is 0.287 e. The number of furan rings is 1. The molecule has 0 aliphatic carbocycles. The second-order valence-corrected chi connectivity index (χ2v) is 9.20. The average Bonchev–Trinajstić information content (AvgIpc) is 3.30. The van der Waals surface area contributed by atoms with E-state index < -0.39 is 0 Å². The van der Waals surface area contributed by atoms with Crippen LogP contribution in [0, 0.1) is 5.92 Å². The highest BCUT2D eigenvalue weighted by atomic mass is 35.5. The Morgan fingerprint density at radius 3 is 2.42 bits per heavy atom. The van der Waals surface area contributed by atoms with Crippen molar-refractivity contribution in [3.8, 4) is 11.1 Å². The lowest BCUT2D eigenvalue weighted by atomic mass is 9.84. The number of amides is 1. The first-order valence-corrected chi connectivity index (χ1v) is 11.7. The van der Waals surface area contributed by atoms with Gasteiger partial charge in [0.2, 0.25) is 0 Å². The van der Waals surface area contributed by atoms with Crippen molar-refractivity contribution in [3.63, 3.8) is 0 Å². The van der Waals surface area contributed by atoms with Gasteiger partial charge < -0.3 is 24.3 Å². The van der Waals surface area contributed by atoms with Crippen molar-refractivity contribution in [1.29, 1.82) is 0 Å². The van der Waals surface area contributed by atoms with Crippen molar-refractivity contribution >= 4 is 35.0 Å². The quantitative estimate of drug-likeness (QED) is 0.623. The maximum atomic E-state index is 13.0. The fraction of sp³-hybridized carbons (Fsp3) is 0.423. The molecule has 0 radical (unpaired) electrons. The molecule has 2 aromatic carbocycles. The molecule has 33 heavy (non-hydrogen) atoms. The number of nitrogens with zero attached hydrogens (tertiary/aromatic N) is 2. The van der Waals surface area contributed by atoms with Gasteiger partial charge in [-0.3, -0.25) is 4.79 Å². The minimum atomic E-state index is -0.103. The molecule has 5 heterocycles. The summed E-state index contributed by atoms with van der Waals surface area (Å²) in [6, 6.07) is 16.8. The molecule has 2 bridgehead atoms. The molecule has 4 saturated heterocycles. The molecule has 174 valence electrons.